The van der Waals surface area contributed by atoms with E-state index in [1.54, 1.807) is 32.4 Å². The number of rotatable bonds is 6. The van der Waals surface area contributed by atoms with Crippen LogP contribution in [0.5, 0.6) is 23.0 Å². The summed E-state index contributed by atoms with van der Waals surface area (Å²) >= 11 is 1.45. The lowest BCUT2D eigenvalue weighted by Gasteiger charge is -2.10. The Morgan fingerprint density at radius 3 is 2.73 bits per heavy atom. The van der Waals surface area contributed by atoms with Crippen LogP contribution in [0.1, 0.15) is 22.5 Å². The van der Waals surface area contributed by atoms with Gasteiger partial charge in [0.2, 0.25) is 0 Å². The number of para-hydroxylation sites is 1. The molecule has 1 aromatic heterocycles. The van der Waals surface area contributed by atoms with E-state index in [4.69, 9.17) is 23.7 Å². The number of thiazole rings is 1. The third-order valence-electron chi connectivity index (χ3n) is 4.52. The zero-order valence-electron chi connectivity index (χ0n) is 16.7. The van der Waals surface area contributed by atoms with Gasteiger partial charge in [0, 0.05) is 11.8 Å². The van der Waals surface area contributed by atoms with Crippen LogP contribution in [-0.4, -0.2) is 38.4 Å². The van der Waals surface area contributed by atoms with E-state index in [1.807, 2.05) is 23.6 Å². The molecule has 7 nitrogen and oxygen atoms in total. The van der Waals surface area contributed by atoms with E-state index in [1.165, 1.54) is 11.3 Å². The smallest absolute Gasteiger partial charge is 0.338 e. The Morgan fingerprint density at radius 2 is 1.93 bits per heavy atom. The number of ether oxygens (including phenoxy) is 5. The summed E-state index contributed by atoms with van der Waals surface area (Å²) in [6.07, 6.45) is 0.804. The molecule has 30 heavy (non-hydrogen) atoms. The lowest BCUT2D eigenvalue weighted by atomic mass is 10.2. The van der Waals surface area contributed by atoms with Crippen LogP contribution < -0.4 is 18.9 Å². The first-order valence-corrected chi connectivity index (χ1v) is 10.3. The summed E-state index contributed by atoms with van der Waals surface area (Å²) in [6, 6.07) is 10.7. The van der Waals surface area contributed by atoms with Crippen molar-refractivity contribution in [1.29, 1.82) is 0 Å². The Labute approximate surface area is 178 Å². The van der Waals surface area contributed by atoms with E-state index < -0.39 is 5.97 Å². The molecule has 0 saturated carbocycles. The van der Waals surface area contributed by atoms with E-state index in [0.717, 1.165) is 17.0 Å². The van der Waals surface area contributed by atoms with Crippen molar-refractivity contribution < 1.29 is 28.5 Å². The topological polar surface area (TPSA) is 76.1 Å². The molecular weight excluding hydrogens is 406 g/mol. The molecule has 2 heterocycles. The summed E-state index contributed by atoms with van der Waals surface area (Å²) in [5.74, 6) is 2.00. The predicted molar refractivity (Wildman–Crippen MR) is 112 cm³/mol. The number of methoxy groups -OCH3 is 2. The van der Waals surface area contributed by atoms with E-state index >= 15 is 0 Å². The third-order valence-corrected chi connectivity index (χ3v) is 5.44. The molecule has 0 radical (unpaired) electrons. The summed E-state index contributed by atoms with van der Waals surface area (Å²) in [5, 5.41) is 2.61. The maximum absolute atomic E-state index is 12.5. The minimum absolute atomic E-state index is 0.0655. The molecule has 0 N–H and O–H groups in total. The van der Waals surface area contributed by atoms with Crippen LogP contribution in [0.4, 0.5) is 0 Å². The van der Waals surface area contributed by atoms with Crippen LogP contribution in [0, 0.1) is 0 Å². The average molecular weight is 427 g/mol. The van der Waals surface area contributed by atoms with Crippen LogP contribution in [0.25, 0.3) is 10.6 Å². The van der Waals surface area contributed by atoms with E-state index in [2.05, 4.69) is 4.98 Å². The van der Waals surface area contributed by atoms with Crippen LogP contribution >= 0.6 is 11.3 Å². The number of hydrogen-bond acceptors (Lipinski definition) is 8. The van der Waals surface area contributed by atoms with Crippen LogP contribution in [-0.2, 0) is 11.3 Å². The van der Waals surface area contributed by atoms with Gasteiger partial charge in [0.05, 0.1) is 44.3 Å². The summed E-state index contributed by atoms with van der Waals surface area (Å²) in [7, 11) is 3.18. The van der Waals surface area contributed by atoms with Crippen LogP contribution in [0.15, 0.2) is 41.8 Å². The Morgan fingerprint density at radius 1 is 1.10 bits per heavy atom. The molecule has 156 valence electrons. The van der Waals surface area contributed by atoms with E-state index in [-0.39, 0.29) is 6.61 Å². The molecule has 0 saturated heterocycles. The number of carbonyl (C=O) groups excluding carboxylic acids is 1. The maximum Gasteiger partial charge on any atom is 0.338 e. The maximum atomic E-state index is 12.5. The van der Waals surface area contributed by atoms with Crippen molar-refractivity contribution in [2.24, 2.45) is 0 Å². The molecular formula is C22H21NO6S. The van der Waals surface area contributed by atoms with Crippen LogP contribution in [0.3, 0.4) is 0 Å². The molecule has 0 unspecified atom stereocenters. The monoisotopic (exact) mass is 427 g/mol. The van der Waals surface area contributed by atoms with Gasteiger partial charge in [-0.05, 0) is 30.3 Å². The zero-order chi connectivity index (χ0) is 20.9. The lowest BCUT2D eigenvalue weighted by Crippen LogP contribution is -2.06. The van der Waals surface area contributed by atoms with Gasteiger partial charge in [0.1, 0.15) is 11.6 Å². The van der Waals surface area contributed by atoms with E-state index in [9.17, 15) is 4.79 Å². The fraction of sp³-hybridized carbons (Fsp3) is 0.273. The van der Waals surface area contributed by atoms with Crippen molar-refractivity contribution in [3.8, 4) is 33.6 Å². The van der Waals surface area contributed by atoms with Gasteiger partial charge in [0.25, 0.3) is 0 Å². The van der Waals surface area contributed by atoms with Crippen molar-refractivity contribution in [2.75, 3.05) is 27.4 Å². The second-order valence-corrected chi connectivity index (χ2v) is 7.33. The van der Waals surface area contributed by atoms with Gasteiger partial charge < -0.3 is 23.7 Å². The molecule has 0 amide bonds. The fourth-order valence-corrected chi connectivity index (χ4v) is 3.89. The molecule has 3 aromatic rings. The highest BCUT2D eigenvalue weighted by molar-refractivity contribution is 7.13. The van der Waals surface area contributed by atoms with Crippen molar-refractivity contribution >= 4 is 17.3 Å². The number of fused-ring (bicyclic) bond motifs is 1. The number of carbonyl (C=O) groups is 1. The fourth-order valence-electron chi connectivity index (χ4n) is 3.07. The summed E-state index contributed by atoms with van der Waals surface area (Å²) in [4.78, 5) is 17.0. The van der Waals surface area contributed by atoms with Crippen molar-refractivity contribution in [1.82, 2.24) is 4.98 Å². The van der Waals surface area contributed by atoms with Gasteiger partial charge in [-0.15, -0.1) is 11.3 Å². The normalized spacial score (nSPS) is 12.7. The summed E-state index contributed by atoms with van der Waals surface area (Å²) < 4.78 is 27.5. The average Bonchev–Trinajstić information content (AvgIpc) is 3.13. The molecule has 0 atom stereocenters. The first-order valence-electron chi connectivity index (χ1n) is 9.42. The van der Waals surface area contributed by atoms with Gasteiger partial charge in [-0.25, -0.2) is 9.78 Å². The van der Waals surface area contributed by atoms with Crippen molar-refractivity contribution in [2.45, 2.75) is 13.0 Å². The Hall–Kier alpha value is -3.26. The first-order chi connectivity index (χ1) is 14.7. The molecule has 0 aliphatic carbocycles. The Balaban J connectivity index is 1.45. The lowest BCUT2D eigenvalue weighted by molar-refractivity contribution is 0.0468. The van der Waals surface area contributed by atoms with Gasteiger partial charge >= 0.3 is 5.97 Å². The minimum Gasteiger partial charge on any atom is -0.493 e. The zero-order valence-corrected chi connectivity index (χ0v) is 17.5. The highest BCUT2D eigenvalue weighted by atomic mass is 32.1. The first kappa shape index (κ1) is 20.0. The molecule has 0 fully saturated rings. The molecule has 2 aromatic carbocycles. The minimum atomic E-state index is -0.445. The molecule has 0 spiro atoms. The van der Waals surface area contributed by atoms with Gasteiger partial charge in [0.15, 0.2) is 23.0 Å². The molecule has 8 heteroatoms. The summed E-state index contributed by atoms with van der Waals surface area (Å²) in [6.45, 7) is 1.22. The standard InChI is InChI=1S/C22H21NO6S/c1-25-18-6-3-5-16(20(18)26-2)21-23-15(13-30-21)12-29-22(24)14-7-8-17-19(11-14)28-10-4-9-27-17/h3,5-8,11,13H,4,9-10,12H2,1-2H3. The SMILES string of the molecule is COc1cccc(-c2nc(COC(=O)c3ccc4c(c3)OCCCO4)cs2)c1OC. The Bertz CT molecular complexity index is 1050. The van der Waals surface area contributed by atoms with Crippen molar-refractivity contribution in [3.05, 3.63) is 53.0 Å². The highest BCUT2D eigenvalue weighted by Crippen LogP contribution is 2.39. The van der Waals surface area contributed by atoms with Crippen LogP contribution in [0.2, 0.25) is 0 Å². The third kappa shape index (κ3) is 4.18. The Kier molecular flexibility index (Phi) is 6.04. The summed E-state index contributed by atoms with van der Waals surface area (Å²) in [5.41, 5.74) is 1.88. The van der Waals surface area contributed by atoms with Crippen molar-refractivity contribution in [3.63, 3.8) is 0 Å². The second-order valence-electron chi connectivity index (χ2n) is 6.47. The molecule has 1 aliphatic heterocycles. The van der Waals surface area contributed by atoms with Gasteiger partial charge in [-0.2, -0.15) is 0 Å². The second kappa shape index (κ2) is 9.04. The number of hydrogen-bond donors (Lipinski definition) is 0. The number of nitrogens with zero attached hydrogens (tertiary/aromatic N) is 1. The molecule has 1 aliphatic rings. The predicted octanol–water partition coefficient (Wildman–Crippen LogP) is 4.35. The number of benzene rings is 2. The van der Waals surface area contributed by atoms with E-state index in [0.29, 0.717) is 47.5 Å². The number of aromatic nitrogens is 1. The molecule has 4 rings (SSSR count). The largest absolute Gasteiger partial charge is 0.493 e. The number of esters is 1. The highest BCUT2D eigenvalue weighted by Gasteiger charge is 2.17. The van der Waals surface area contributed by atoms with Gasteiger partial charge in [-0.1, -0.05) is 6.07 Å². The van der Waals surface area contributed by atoms with Gasteiger partial charge in [-0.3, -0.25) is 0 Å². The molecule has 0 bridgehead atoms. The quantitative estimate of drug-likeness (QED) is 0.542.